The molecule has 0 fully saturated rings. The van der Waals surface area contributed by atoms with E-state index in [2.05, 4.69) is 0 Å². The van der Waals surface area contributed by atoms with E-state index in [0.717, 1.165) is 4.88 Å². The number of carboxylic acid groups (broad SMARTS) is 2. The maximum Gasteiger partial charge on any atom is 0.353 e. The lowest BCUT2D eigenvalue weighted by atomic mass is 9.89. The Morgan fingerprint density at radius 1 is 1.05 bits per heavy atom. The van der Waals surface area contributed by atoms with E-state index in [-0.39, 0.29) is 61.6 Å². The van der Waals surface area contributed by atoms with Crippen LogP contribution >= 0.6 is 36.2 Å². The summed E-state index contributed by atoms with van der Waals surface area (Å²) in [4.78, 5) is 50.9. The molecule has 5 N–H and O–H groups in total. The van der Waals surface area contributed by atoms with E-state index in [1.807, 2.05) is 18.7 Å². The summed E-state index contributed by atoms with van der Waals surface area (Å²) in [5.41, 5.74) is 5.94. The molecule has 2 atom stereocenters. The second-order valence-corrected chi connectivity index (χ2v) is 10.0. The third-order valence-electron chi connectivity index (χ3n) is 5.58. The summed E-state index contributed by atoms with van der Waals surface area (Å²) in [5, 5.41) is 25.7. The van der Waals surface area contributed by atoms with Crippen LogP contribution in [-0.2, 0) is 20.9 Å². The smallest absolute Gasteiger partial charge is 0.353 e. The van der Waals surface area contributed by atoms with Gasteiger partial charge in [-0.3, -0.25) is 24.7 Å². The van der Waals surface area contributed by atoms with Crippen molar-refractivity contribution in [3.05, 3.63) is 51.7 Å². The number of nitrogens with two attached hydrogens (primary N) is 1. The van der Waals surface area contributed by atoms with Crippen LogP contribution in [0.4, 0.5) is 0 Å². The molecule has 2 aromatic rings. The molecular weight excluding hydrogens is 557 g/mol. The van der Waals surface area contributed by atoms with Gasteiger partial charge >= 0.3 is 17.9 Å². The Bertz CT molecular complexity index is 1120. The van der Waals surface area contributed by atoms with E-state index in [4.69, 9.17) is 21.0 Å². The zero-order chi connectivity index (χ0) is 27.0. The van der Waals surface area contributed by atoms with Crippen molar-refractivity contribution in [1.29, 1.82) is 5.41 Å². The number of Topliss-reactive ketones (excluding diaryl/α,β-unsaturated/α-hetero) is 1. The largest absolute Gasteiger partial charge is 0.481 e. The first-order chi connectivity index (χ1) is 16.9. The van der Waals surface area contributed by atoms with Crippen LogP contribution in [0.15, 0.2) is 36.4 Å². The lowest BCUT2D eigenvalue weighted by molar-refractivity contribution is -0.145. The number of carboxylic acids is 2. The lowest BCUT2D eigenvalue weighted by Gasteiger charge is -2.30. The van der Waals surface area contributed by atoms with Crippen LogP contribution < -0.4 is 10.5 Å². The molecule has 0 saturated heterocycles. The van der Waals surface area contributed by atoms with Crippen LogP contribution in [0, 0.1) is 17.2 Å². The summed E-state index contributed by atoms with van der Waals surface area (Å²) in [5.74, 6) is -4.04. The molecule has 1 aromatic heterocycles. The van der Waals surface area contributed by atoms with Gasteiger partial charge in [-0.05, 0) is 55.8 Å². The number of aliphatic carboxylic acids is 2. The first kappa shape index (κ1) is 35.0. The Balaban J connectivity index is 0.00000684. The predicted octanol–water partition coefficient (Wildman–Crippen LogP) is 4.08. The van der Waals surface area contributed by atoms with Crippen LogP contribution in [0.2, 0.25) is 0 Å². The van der Waals surface area contributed by atoms with Crippen molar-refractivity contribution in [2.24, 2.45) is 17.6 Å². The molecule has 0 unspecified atom stereocenters. The molecule has 0 aliphatic carbocycles. The van der Waals surface area contributed by atoms with Crippen molar-refractivity contribution in [1.82, 2.24) is 4.90 Å². The number of hydrogen-bond donors (Lipinski definition) is 4. The summed E-state index contributed by atoms with van der Waals surface area (Å²) in [6, 6.07) is 9.10. The Labute approximate surface area is 237 Å². The fourth-order valence-corrected chi connectivity index (χ4v) is 4.83. The Hall–Kier alpha value is -2.99. The van der Waals surface area contributed by atoms with Crippen molar-refractivity contribution >= 4 is 65.7 Å². The van der Waals surface area contributed by atoms with Crippen LogP contribution in [0.1, 0.15) is 53.2 Å². The number of benzene rings is 1. The molecule has 210 valence electrons. The van der Waals surface area contributed by atoms with Gasteiger partial charge in [-0.2, -0.15) is 0 Å². The van der Waals surface area contributed by atoms with Crippen molar-refractivity contribution < 1.29 is 34.1 Å². The number of thiophene rings is 1. The van der Waals surface area contributed by atoms with Gasteiger partial charge in [-0.1, -0.05) is 13.8 Å². The summed E-state index contributed by atoms with van der Waals surface area (Å²) >= 11 is 1.23. The monoisotopic (exact) mass is 589 g/mol. The van der Waals surface area contributed by atoms with Crippen LogP contribution in [0.3, 0.4) is 0 Å². The van der Waals surface area contributed by atoms with E-state index >= 15 is 0 Å². The molecule has 1 heterocycles. The third kappa shape index (κ3) is 10.4. The quantitative estimate of drug-likeness (QED) is 0.110. The fourth-order valence-electron chi connectivity index (χ4n) is 3.88. The number of ketones is 1. The molecular formula is C25H33Cl2N3O7S. The molecule has 0 radical (unpaired) electrons. The zero-order valence-corrected chi connectivity index (χ0v) is 23.7. The zero-order valence-electron chi connectivity index (χ0n) is 21.2. The van der Waals surface area contributed by atoms with E-state index in [1.54, 1.807) is 43.4 Å². The average molecular weight is 591 g/mol. The van der Waals surface area contributed by atoms with Gasteiger partial charge in [0.15, 0.2) is 5.78 Å². The highest BCUT2D eigenvalue weighted by Gasteiger charge is 2.31. The van der Waals surface area contributed by atoms with Gasteiger partial charge in [0, 0.05) is 29.8 Å². The molecule has 0 saturated carbocycles. The van der Waals surface area contributed by atoms with Crippen molar-refractivity contribution in [2.45, 2.75) is 45.7 Å². The Kier molecular flexibility index (Phi) is 14.8. The minimum Gasteiger partial charge on any atom is -0.481 e. The first-order valence-corrected chi connectivity index (χ1v) is 12.1. The van der Waals surface area contributed by atoms with Crippen LogP contribution in [0.5, 0.6) is 5.75 Å². The number of ether oxygens (including phenoxy) is 1. The van der Waals surface area contributed by atoms with Gasteiger partial charge in [-0.25, -0.2) is 4.79 Å². The first-order valence-electron chi connectivity index (χ1n) is 11.3. The van der Waals surface area contributed by atoms with E-state index in [1.165, 1.54) is 11.3 Å². The normalized spacial score (nSPS) is 12.1. The molecule has 2 rings (SSSR count). The molecule has 10 nitrogen and oxygen atoms in total. The highest BCUT2D eigenvalue weighted by molar-refractivity contribution is 7.13. The van der Waals surface area contributed by atoms with E-state index < -0.39 is 29.9 Å². The summed E-state index contributed by atoms with van der Waals surface area (Å²) in [6.07, 6.45) is -0.680. The number of nitrogens with one attached hydrogen (secondary N) is 1. The number of carbonyl (C=O) groups excluding carboxylic acids is 2. The molecule has 0 spiro atoms. The molecule has 0 bridgehead atoms. The second-order valence-electron chi connectivity index (χ2n) is 8.84. The lowest BCUT2D eigenvalue weighted by Crippen LogP contribution is -2.43. The SMILES string of the molecule is CC(C)[C@@H](C(=O)C[C@H](CCC(=O)O)C(=O)O)N(C)Cc1ccc(C(=O)Oc2ccc(C(=N)N)cc2)s1.Cl.Cl. The number of halogens is 2. The number of amidine groups is 1. The predicted molar refractivity (Wildman–Crippen MR) is 149 cm³/mol. The van der Waals surface area contributed by atoms with E-state index in [9.17, 15) is 24.3 Å². The van der Waals surface area contributed by atoms with Crippen LogP contribution in [0.25, 0.3) is 0 Å². The van der Waals surface area contributed by atoms with Gasteiger partial charge in [0.2, 0.25) is 0 Å². The summed E-state index contributed by atoms with van der Waals surface area (Å²) in [7, 11) is 1.75. The van der Waals surface area contributed by atoms with Gasteiger partial charge in [-0.15, -0.1) is 36.2 Å². The number of esters is 1. The molecule has 1 aromatic carbocycles. The number of likely N-dealkylation sites (N-methyl/N-ethyl adjacent to an activating group) is 1. The number of hydrogen-bond acceptors (Lipinski definition) is 8. The van der Waals surface area contributed by atoms with Crippen molar-refractivity contribution in [3.8, 4) is 5.75 Å². The number of nitrogen functional groups attached to an aromatic ring is 1. The Morgan fingerprint density at radius 3 is 2.16 bits per heavy atom. The summed E-state index contributed by atoms with van der Waals surface area (Å²) in [6.45, 7) is 4.08. The van der Waals surface area contributed by atoms with Gasteiger partial charge in [0.1, 0.15) is 16.5 Å². The van der Waals surface area contributed by atoms with E-state index in [0.29, 0.717) is 22.7 Å². The fraction of sp³-hybridized carbons (Fsp3) is 0.400. The maximum atomic E-state index is 13.0. The average Bonchev–Trinajstić information content (AvgIpc) is 3.25. The molecule has 0 amide bonds. The molecule has 0 aliphatic heterocycles. The standard InChI is InChI=1S/C25H31N3O7S.2ClH/c1-14(2)22(19(29)12-16(24(32)33)6-11-21(30)31)28(3)13-18-9-10-20(36-18)25(34)35-17-7-4-15(5-8-17)23(26)27;;/h4-5,7-10,14,16,22H,6,11-13H2,1-3H3,(H3,26,27)(H,30,31)(H,32,33);2*1H/t16-,22-;;/m0../s1. The maximum absolute atomic E-state index is 13.0. The third-order valence-corrected chi connectivity index (χ3v) is 6.63. The Morgan fingerprint density at radius 2 is 1.66 bits per heavy atom. The number of carbonyl (C=O) groups is 4. The summed E-state index contributed by atoms with van der Waals surface area (Å²) < 4.78 is 5.38. The van der Waals surface area contributed by atoms with Crippen LogP contribution in [-0.4, -0.2) is 57.7 Å². The topological polar surface area (TPSA) is 171 Å². The number of rotatable bonds is 14. The van der Waals surface area contributed by atoms with Gasteiger partial charge in [0.25, 0.3) is 0 Å². The van der Waals surface area contributed by atoms with Crippen molar-refractivity contribution in [3.63, 3.8) is 0 Å². The highest BCUT2D eigenvalue weighted by Crippen LogP contribution is 2.24. The second kappa shape index (κ2) is 16.1. The highest BCUT2D eigenvalue weighted by atomic mass is 35.5. The van der Waals surface area contributed by atoms with Gasteiger partial charge in [0.05, 0.1) is 12.0 Å². The van der Waals surface area contributed by atoms with Gasteiger partial charge < -0.3 is 20.7 Å². The minimum absolute atomic E-state index is 0. The van der Waals surface area contributed by atoms with Crippen molar-refractivity contribution in [2.75, 3.05) is 7.05 Å². The number of nitrogens with zero attached hydrogens (tertiary/aromatic N) is 1. The molecule has 13 heteroatoms. The molecule has 38 heavy (non-hydrogen) atoms. The molecule has 0 aliphatic rings. The minimum atomic E-state index is -1.19.